The molecule has 6 heteroatoms. The van der Waals surface area contributed by atoms with Crippen molar-refractivity contribution in [2.45, 2.75) is 40.7 Å². The maximum absolute atomic E-state index is 13.6. The van der Waals surface area contributed by atoms with Crippen molar-refractivity contribution in [3.63, 3.8) is 0 Å². The number of amides is 1. The van der Waals surface area contributed by atoms with Crippen LogP contribution in [-0.2, 0) is 9.53 Å². The normalized spacial score (nSPS) is 12.2. The van der Waals surface area contributed by atoms with Gasteiger partial charge in [0.15, 0.2) is 6.10 Å². The second-order valence-corrected chi connectivity index (χ2v) is 7.66. The predicted molar refractivity (Wildman–Crippen MR) is 105 cm³/mol. The largest absolute Gasteiger partial charge is 0.451 e. The van der Waals surface area contributed by atoms with Crippen molar-refractivity contribution in [3.05, 3.63) is 65.0 Å². The van der Waals surface area contributed by atoms with E-state index in [2.05, 4.69) is 5.32 Å². The van der Waals surface area contributed by atoms with E-state index in [9.17, 15) is 18.8 Å². The first-order chi connectivity index (χ1) is 13.0. The molecule has 2 aromatic rings. The molecule has 0 saturated heterocycles. The first-order valence-corrected chi connectivity index (χ1v) is 8.92. The summed E-state index contributed by atoms with van der Waals surface area (Å²) in [5.41, 5.74) is 0.829. The van der Waals surface area contributed by atoms with E-state index in [-0.39, 0.29) is 11.5 Å². The average molecular weight is 385 g/mol. The quantitative estimate of drug-likeness (QED) is 0.605. The number of hydrogen-bond donors (Lipinski definition) is 1. The SMILES string of the molecule is Cc1ccc(C(=O)O[C@H](C)C(=O)c2ccc(NC(=O)C(C)(C)C)cc2)cc1F. The Balaban J connectivity index is 2.03. The van der Waals surface area contributed by atoms with Gasteiger partial charge in [-0.05, 0) is 55.8 Å². The number of nitrogens with one attached hydrogen (secondary N) is 1. The molecule has 0 heterocycles. The Kier molecular flexibility index (Phi) is 6.33. The van der Waals surface area contributed by atoms with Gasteiger partial charge in [0.1, 0.15) is 5.82 Å². The summed E-state index contributed by atoms with van der Waals surface area (Å²) in [6, 6.07) is 10.3. The third-order valence-electron chi connectivity index (χ3n) is 4.17. The molecule has 0 unspecified atom stereocenters. The Morgan fingerprint density at radius 3 is 2.11 bits per heavy atom. The molecular formula is C22H24FNO4. The summed E-state index contributed by atoms with van der Waals surface area (Å²) >= 11 is 0. The van der Waals surface area contributed by atoms with E-state index in [0.717, 1.165) is 6.07 Å². The molecule has 0 fully saturated rings. The van der Waals surface area contributed by atoms with Crippen LogP contribution < -0.4 is 5.32 Å². The molecule has 28 heavy (non-hydrogen) atoms. The van der Waals surface area contributed by atoms with Gasteiger partial charge in [0.25, 0.3) is 0 Å². The highest BCUT2D eigenvalue weighted by atomic mass is 19.1. The Hall–Kier alpha value is -3.02. The zero-order valence-corrected chi connectivity index (χ0v) is 16.6. The van der Waals surface area contributed by atoms with Gasteiger partial charge in [0, 0.05) is 16.7 Å². The van der Waals surface area contributed by atoms with Crippen molar-refractivity contribution < 1.29 is 23.5 Å². The van der Waals surface area contributed by atoms with Crippen molar-refractivity contribution >= 4 is 23.3 Å². The third-order valence-corrected chi connectivity index (χ3v) is 4.17. The molecule has 0 saturated carbocycles. The van der Waals surface area contributed by atoms with E-state index in [4.69, 9.17) is 4.74 Å². The van der Waals surface area contributed by atoms with E-state index in [0.29, 0.717) is 16.8 Å². The number of ketones is 1. The molecule has 0 bridgehead atoms. The fraction of sp³-hybridized carbons (Fsp3) is 0.318. The van der Waals surface area contributed by atoms with Crippen LogP contribution in [-0.4, -0.2) is 23.8 Å². The average Bonchev–Trinajstić information content (AvgIpc) is 2.63. The summed E-state index contributed by atoms with van der Waals surface area (Å²) in [4.78, 5) is 36.6. The third kappa shape index (κ3) is 5.25. The molecule has 2 rings (SSSR count). The lowest BCUT2D eigenvalue weighted by Gasteiger charge is -2.18. The van der Waals surface area contributed by atoms with Crippen LogP contribution in [0.2, 0.25) is 0 Å². The number of aryl methyl sites for hydroxylation is 1. The number of anilines is 1. The lowest BCUT2D eigenvalue weighted by atomic mass is 9.95. The highest BCUT2D eigenvalue weighted by Crippen LogP contribution is 2.19. The van der Waals surface area contributed by atoms with Crippen molar-refractivity contribution in [3.8, 4) is 0 Å². The summed E-state index contributed by atoms with van der Waals surface area (Å²) < 4.78 is 18.8. The molecule has 2 aromatic carbocycles. The van der Waals surface area contributed by atoms with Gasteiger partial charge >= 0.3 is 5.97 Å². The number of halogens is 1. The maximum Gasteiger partial charge on any atom is 0.338 e. The molecule has 5 nitrogen and oxygen atoms in total. The van der Waals surface area contributed by atoms with Crippen LogP contribution in [0.4, 0.5) is 10.1 Å². The van der Waals surface area contributed by atoms with E-state index < -0.39 is 29.1 Å². The molecule has 1 atom stereocenters. The second kappa shape index (κ2) is 8.33. The van der Waals surface area contributed by atoms with Crippen LogP contribution in [0.5, 0.6) is 0 Å². The Morgan fingerprint density at radius 2 is 1.57 bits per heavy atom. The van der Waals surface area contributed by atoms with Crippen LogP contribution in [0.1, 0.15) is 54.0 Å². The lowest BCUT2D eigenvalue weighted by molar-refractivity contribution is -0.123. The molecule has 0 spiro atoms. The van der Waals surface area contributed by atoms with Gasteiger partial charge in [0.05, 0.1) is 5.56 Å². The van der Waals surface area contributed by atoms with Gasteiger partial charge in [-0.3, -0.25) is 9.59 Å². The number of ether oxygens (including phenoxy) is 1. The molecule has 1 N–H and O–H groups in total. The fourth-order valence-corrected chi connectivity index (χ4v) is 2.27. The minimum atomic E-state index is -1.04. The fourth-order valence-electron chi connectivity index (χ4n) is 2.27. The standard InChI is InChI=1S/C22H24FNO4/c1-13-6-7-16(12-18(13)23)20(26)28-14(2)19(25)15-8-10-17(11-9-15)24-21(27)22(3,4)5/h6-12,14H,1-5H3,(H,24,27)/t14-/m1/s1. The molecule has 0 aliphatic rings. The van der Waals surface area contributed by atoms with Crippen LogP contribution in [0.25, 0.3) is 0 Å². The Labute approximate surface area is 163 Å². The number of hydrogen-bond acceptors (Lipinski definition) is 4. The van der Waals surface area contributed by atoms with Crippen molar-refractivity contribution in [1.29, 1.82) is 0 Å². The first kappa shape index (κ1) is 21.3. The number of esters is 1. The molecule has 0 aliphatic heterocycles. The van der Waals surface area contributed by atoms with Crippen molar-refractivity contribution in [2.75, 3.05) is 5.32 Å². The van der Waals surface area contributed by atoms with Gasteiger partial charge in [-0.15, -0.1) is 0 Å². The number of carbonyl (C=O) groups excluding carboxylic acids is 3. The predicted octanol–water partition coefficient (Wildman–Crippen LogP) is 4.55. The minimum absolute atomic E-state index is 0.0444. The maximum atomic E-state index is 13.6. The molecule has 0 aliphatic carbocycles. The van der Waals surface area contributed by atoms with Crippen LogP contribution in [0.3, 0.4) is 0 Å². The first-order valence-electron chi connectivity index (χ1n) is 8.92. The topological polar surface area (TPSA) is 72.5 Å². The van der Waals surface area contributed by atoms with Crippen LogP contribution >= 0.6 is 0 Å². The van der Waals surface area contributed by atoms with E-state index in [1.165, 1.54) is 19.1 Å². The number of rotatable bonds is 5. The summed E-state index contributed by atoms with van der Waals surface area (Å²) in [6.07, 6.45) is -1.04. The monoisotopic (exact) mass is 385 g/mol. The van der Waals surface area contributed by atoms with Crippen LogP contribution in [0.15, 0.2) is 42.5 Å². The number of carbonyl (C=O) groups is 3. The van der Waals surface area contributed by atoms with Gasteiger partial charge < -0.3 is 10.1 Å². The molecule has 0 radical (unpaired) electrons. The van der Waals surface area contributed by atoms with Gasteiger partial charge in [0.2, 0.25) is 11.7 Å². The number of benzene rings is 2. The minimum Gasteiger partial charge on any atom is -0.451 e. The summed E-state index contributed by atoms with van der Waals surface area (Å²) in [7, 11) is 0. The molecule has 0 aromatic heterocycles. The van der Waals surface area contributed by atoms with Gasteiger partial charge in [-0.25, -0.2) is 9.18 Å². The van der Waals surface area contributed by atoms with Crippen LogP contribution in [0, 0.1) is 18.2 Å². The van der Waals surface area contributed by atoms with E-state index in [1.807, 2.05) is 0 Å². The summed E-state index contributed by atoms with van der Waals surface area (Å²) in [5.74, 6) is -1.82. The summed E-state index contributed by atoms with van der Waals surface area (Å²) in [6.45, 7) is 8.45. The number of Topliss-reactive ketones (excluding diaryl/α,β-unsaturated/α-hetero) is 1. The zero-order valence-electron chi connectivity index (χ0n) is 16.6. The lowest BCUT2D eigenvalue weighted by Crippen LogP contribution is -2.27. The van der Waals surface area contributed by atoms with E-state index in [1.54, 1.807) is 52.0 Å². The van der Waals surface area contributed by atoms with Crippen molar-refractivity contribution in [2.24, 2.45) is 5.41 Å². The zero-order chi connectivity index (χ0) is 21.1. The van der Waals surface area contributed by atoms with Gasteiger partial charge in [-0.2, -0.15) is 0 Å². The highest BCUT2D eigenvalue weighted by molar-refractivity contribution is 6.02. The van der Waals surface area contributed by atoms with E-state index >= 15 is 0 Å². The molecule has 148 valence electrons. The molecular weight excluding hydrogens is 361 g/mol. The highest BCUT2D eigenvalue weighted by Gasteiger charge is 2.23. The van der Waals surface area contributed by atoms with Crippen molar-refractivity contribution in [1.82, 2.24) is 0 Å². The Morgan fingerprint density at radius 1 is 1.00 bits per heavy atom. The molecule has 1 amide bonds. The smallest absolute Gasteiger partial charge is 0.338 e. The summed E-state index contributed by atoms with van der Waals surface area (Å²) in [5, 5.41) is 2.77. The second-order valence-electron chi connectivity index (χ2n) is 7.66. The Bertz CT molecular complexity index is 898. The van der Waals surface area contributed by atoms with Gasteiger partial charge in [-0.1, -0.05) is 26.8 Å².